The predicted octanol–water partition coefficient (Wildman–Crippen LogP) is 0.788. The summed E-state index contributed by atoms with van der Waals surface area (Å²) in [6.07, 6.45) is 3.85. The molecule has 84 valence electrons. The fourth-order valence-electron chi connectivity index (χ4n) is 1.92. The minimum Gasteiger partial charge on any atom is -0.347 e. The smallest absolute Gasteiger partial charge is 0.227 e. The number of hydrogen-bond donors (Lipinski definition) is 1. The fourth-order valence-corrected chi connectivity index (χ4v) is 1.92. The summed E-state index contributed by atoms with van der Waals surface area (Å²) in [7, 11) is 5.97. The SMILES string of the molecule is CNCc1nnc(N(C)C)n1C1CCC1. The van der Waals surface area contributed by atoms with Crippen molar-refractivity contribution in [2.75, 3.05) is 26.0 Å². The molecule has 1 saturated carbocycles. The zero-order valence-electron chi connectivity index (χ0n) is 9.69. The van der Waals surface area contributed by atoms with Crippen LogP contribution in [-0.4, -0.2) is 35.9 Å². The Hall–Kier alpha value is -1.10. The Morgan fingerprint density at radius 2 is 2.13 bits per heavy atom. The first-order chi connectivity index (χ1) is 7.24. The van der Waals surface area contributed by atoms with Crippen molar-refractivity contribution in [1.82, 2.24) is 20.1 Å². The molecule has 0 aromatic carbocycles. The summed E-state index contributed by atoms with van der Waals surface area (Å²) in [5, 5.41) is 11.6. The van der Waals surface area contributed by atoms with E-state index in [-0.39, 0.29) is 0 Å². The van der Waals surface area contributed by atoms with Crippen LogP contribution in [0.25, 0.3) is 0 Å². The molecule has 1 aromatic heterocycles. The molecule has 5 nitrogen and oxygen atoms in total. The molecule has 1 aromatic rings. The van der Waals surface area contributed by atoms with Crippen molar-refractivity contribution in [2.45, 2.75) is 31.8 Å². The van der Waals surface area contributed by atoms with Crippen molar-refractivity contribution in [3.8, 4) is 0 Å². The van der Waals surface area contributed by atoms with E-state index >= 15 is 0 Å². The van der Waals surface area contributed by atoms with Gasteiger partial charge in [0.2, 0.25) is 5.95 Å². The second kappa shape index (κ2) is 4.18. The molecule has 1 N–H and O–H groups in total. The molecule has 1 aliphatic rings. The van der Waals surface area contributed by atoms with Gasteiger partial charge < -0.3 is 10.2 Å². The molecule has 0 bridgehead atoms. The standard InChI is InChI=1S/C10H19N5/c1-11-7-9-12-13-10(14(2)3)15(9)8-5-4-6-8/h8,11H,4-7H2,1-3H3. The van der Waals surface area contributed by atoms with E-state index in [0.29, 0.717) is 6.04 Å². The number of nitrogens with one attached hydrogen (secondary N) is 1. The first kappa shape index (κ1) is 10.4. The largest absolute Gasteiger partial charge is 0.347 e. The van der Waals surface area contributed by atoms with Gasteiger partial charge in [-0.2, -0.15) is 0 Å². The van der Waals surface area contributed by atoms with E-state index in [0.717, 1.165) is 18.3 Å². The summed E-state index contributed by atoms with van der Waals surface area (Å²) in [6.45, 7) is 0.789. The quantitative estimate of drug-likeness (QED) is 0.796. The van der Waals surface area contributed by atoms with Gasteiger partial charge in [-0.05, 0) is 26.3 Å². The lowest BCUT2D eigenvalue weighted by atomic mass is 9.93. The summed E-state index contributed by atoms with van der Waals surface area (Å²) < 4.78 is 2.28. The van der Waals surface area contributed by atoms with E-state index in [2.05, 4.69) is 20.1 Å². The van der Waals surface area contributed by atoms with Crippen LogP contribution in [0.1, 0.15) is 31.1 Å². The Labute approximate surface area is 90.5 Å². The van der Waals surface area contributed by atoms with E-state index < -0.39 is 0 Å². The molecule has 1 fully saturated rings. The van der Waals surface area contributed by atoms with Crippen molar-refractivity contribution in [1.29, 1.82) is 0 Å². The van der Waals surface area contributed by atoms with Gasteiger partial charge in [0.05, 0.1) is 6.54 Å². The van der Waals surface area contributed by atoms with Gasteiger partial charge in [-0.25, -0.2) is 0 Å². The molecule has 0 radical (unpaired) electrons. The van der Waals surface area contributed by atoms with Crippen LogP contribution in [0.15, 0.2) is 0 Å². The van der Waals surface area contributed by atoms with Crippen LogP contribution in [0.2, 0.25) is 0 Å². The van der Waals surface area contributed by atoms with E-state index in [1.165, 1.54) is 19.3 Å². The Bertz CT molecular complexity index is 327. The summed E-state index contributed by atoms with van der Waals surface area (Å²) in [5.74, 6) is 2.02. The van der Waals surface area contributed by atoms with Gasteiger partial charge in [0.25, 0.3) is 0 Å². The number of rotatable bonds is 4. The van der Waals surface area contributed by atoms with Crippen LogP contribution < -0.4 is 10.2 Å². The molecule has 1 heterocycles. The Balaban J connectivity index is 2.30. The highest BCUT2D eigenvalue weighted by Crippen LogP contribution is 2.35. The number of nitrogens with zero attached hydrogens (tertiary/aromatic N) is 4. The molecule has 0 aliphatic heterocycles. The molecule has 0 saturated heterocycles. The highest BCUT2D eigenvalue weighted by Gasteiger charge is 2.26. The third-order valence-corrected chi connectivity index (χ3v) is 2.92. The lowest BCUT2D eigenvalue weighted by molar-refractivity contribution is 0.306. The monoisotopic (exact) mass is 209 g/mol. The second-order valence-corrected chi connectivity index (χ2v) is 4.30. The minimum absolute atomic E-state index is 0.612. The molecule has 0 unspecified atom stereocenters. The summed E-state index contributed by atoms with van der Waals surface area (Å²) >= 11 is 0. The number of hydrogen-bond acceptors (Lipinski definition) is 4. The van der Waals surface area contributed by atoms with E-state index in [9.17, 15) is 0 Å². The average Bonchev–Trinajstić information content (AvgIpc) is 2.47. The number of anilines is 1. The van der Waals surface area contributed by atoms with Gasteiger partial charge in [0.1, 0.15) is 5.82 Å². The Morgan fingerprint density at radius 3 is 2.60 bits per heavy atom. The summed E-state index contributed by atoms with van der Waals surface area (Å²) in [4.78, 5) is 2.03. The molecule has 0 amide bonds. The summed E-state index contributed by atoms with van der Waals surface area (Å²) in [6, 6.07) is 0.612. The Kier molecular flexibility index (Phi) is 2.90. The van der Waals surface area contributed by atoms with Crippen LogP contribution in [-0.2, 0) is 6.54 Å². The minimum atomic E-state index is 0.612. The van der Waals surface area contributed by atoms with Crippen molar-refractivity contribution in [3.63, 3.8) is 0 Å². The zero-order valence-corrected chi connectivity index (χ0v) is 9.69. The van der Waals surface area contributed by atoms with Crippen molar-refractivity contribution in [3.05, 3.63) is 5.82 Å². The van der Waals surface area contributed by atoms with Crippen LogP contribution >= 0.6 is 0 Å². The highest BCUT2D eigenvalue weighted by atomic mass is 15.4. The van der Waals surface area contributed by atoms with E-state index in [4.69, 9.17) is 0 Å². The summed E-state index contributed by atoms with van der Waals surface area (Å²) in [5.41, 5.74) is 0. The first-order valence-electron chi connectivity index (χ1n) is 5.49. The van der Waals surface area contributed by atoms with Crippen LogP contribution in [0.4, 0.5) is 5.95 Å². The zero-order chi connectivity index (χ0) is 10.8. The maximum atomic E-state index is 4.24. The normalized spacial score (nSPS) is 16.5. The van der Waals surface area contributed by atoms with Crippen LogP contribution in [0, 0.1) is 0 Å². The second-order valence-electron chi connectivity index (χ2n) is 4.30. The Morgan fingerprint density at radius 1 is 1.40 bits per heavy atom. The first-order valence-corrected chi connectivity index (χ1v) is 5.49. The molecule has 5 heteroatoms. The van der Waals surface area contributed by atoms with Crippen molar-refractivity contribution in [2.24, 2.45) is 0 Å². The lowest BCUT2D eigenvalue weighted by Gasteiger charge is -2.30. The fraction of sp³-hybridized carbons (Fsp3) is 0.800. The van der Waals surface area contributed by atoms with Gasteiger partial charge in [0.15, 0.2) is 0 Å². The average molecular weight is 209 g/mol. The van der Waals surface area contributed by atoms with Gasteiger partial charge in [-0.1, -0.05) is 0 Å². The van der Waals surface area contributed by atoms with Crippen molar-refractivity contribution >= 4 is 5.95 Å². The van der Waals surface area contributed by atoms with Gasteiger partial charge >= 0.3 is 0 Å². The molecule has 2 rings (SSSR count). The third-order valence-electron chi connectivity index (χ3n) is 2.92. The third kappa shape index (κ3) is 1.84. The molecular weight excluding hydrogens is 190 g/mol. The topological polar surface area (TPSA) is 46.0 Å². The highest BCUT2D eigenvalue weighted by molar-refractivity contribution is 5.29. The maximum absolute atomic E-state index is 4.24. The maximum Gasteiger partial charge on any atom is 0.227 e. The molecule has 0 atom stereocenters. The van der Waals surface area contributed by atoms with E-state index in [1.54, 1.807) is 0 Å². The molecule has 1 aliphatic carbocycles. The van der Waals surface area contributed by atoms with Gasteiger partial charge in [-0.3, -0.25) is 4.57 Å². The van der Waals surface area contributed by atoms with Crippen LogP contribution in [0.5, 0.6) is 0 Å². The molecule has 15 heavy (non-hydrogen) atoms. The van der Waals surface area contributed by atoms with Gasteiger partial charge in [-0.15, -0.1) is 10.2 Å². The lowest BCUT2D eigenvalue weighted by Crippen LogP contribution is -2.25. The molecule has 0 spiro atoms. The molecular formula is C10H19N5. The number of aromatic nitrogens is 3. The van der Waals surface area contributed by atoms with Crippen molar-refractivity contribution < 1.29 is 0 Å². The predicted molar refractivity (Wildman–Crippen MR) is 60.0 cm³/mol. The van der Waals surface area contributed by atoms with Gasteiger partial charge in [0, 0.05) is 20.1 Å². The van der Waals surface area contributed by atoms with Crippen LogP contribution in [0.3, 0.4) is 0 Å². The van der Waals surface area contributed by atoms with E-state index in [1.807, 2.05) is 26.0 Å².